The molecular formula is C14H14N2O2S. The molecule has 1 aromatic heterocycles. The summed E-state index contributed by atoms with van der Waals surface area (Å²) in [5, 5.41) is 5.29. The Morgan fingerprint density at radius 3 is 3.26 bits per heavy atom. The molecule has 98 valence electrons. The smallest absolute Gasteiger partial charge is 0.226 e. The molecule has 1 N–H and O–H groups in total. The second-order valence-corrected chi connectivity index (χ2v) is 5.32. The van der Waals surface area contributed by atoms with Crippen molar-refractivity contribution < 1.29 is 9.53 Å². The van der Waals surface area contributed by atoms with Crippen LogP contribution in [0.1, 0.15) is 17.5 Å². The number of nitrogens with one attached hydrogen (secondary N) is 1. The van der Waals surface area contributed by atoms with Crippen molar-refractivity contribution in [3.8, 4) is 5.75 Å². The van der Waals surface area contributed by atoms with Crippen LogP contribution in [0.3, 0.4) is 0 Å². The quantitative estimate of drug-likeness (QED) is 0.932. The topological polar surface area (TPSA) is 51.2 Å². The van der Waals surface area contributed by atoms with Crippen molar-refractivity contribution in [3.63, 3.8) is 0 Å². The van der Waals surface area contributed by atoms with Gasteiger partial charge in [0, 0.05) is 24.4 Å². The van der Waals surface area contributed by atoms with Crippen molar-refractivity contribution in [2.24, 2.45) is 0 Å². The fraction of sp³-hybridized carbons (Fsp3) is 0.286. The zero-order valence-electron chi connectivity index (χ0n) is 10.4. The SMILES string of the molecule is O=C(CCc1ccc2c(c1)CCO2)Nc1nccs1. The number of hydrogen-bond acceptors (Lipinski definition) is 4. The summed E-state index contributed by atoms with van der Waals surface area (Å²) in [6, 6.07) is 6.16. The summed E-state index contributed by atoms with van der Waals surface area (Å²) >= 11 is 1.43. The van der Waals surface area contributed by atoms with E-state index in [1.165, 1.54) is 22.5 Å². The normalized spacial score (nSPS) is 12.8. The van der Waals surface area contributed by atoms with Crippen LogP contribution in [0, 0.1) is 0 Å². The highest BCUT2D eigenvalue weighted by atomic mass is 32.1. The summed E-state index contributed by atoms with van der Waals surface area (Å²) < 4.78 is 5.46. The Labute approximate surface area is 115 Å². The van der Waals surface area contributed by atoms with Gasteiger partial charge in [-0.3, -0.25) is 4.79 Å². The Morgan fingerprint density at radius 2 is 2.42 bits per heavy atom. The van der Waals surface area contributed by atoms with Crippen molar-refractivity contribution in [2.75, 3.05) is 11.9 Å². The number of amides is 1. The molecule has 0 spiro atoms. The molecule has 0 radical (unpaired) electrons. The lowest BCUT2D eigenvalue weighted by molar-refractivity contribution is -0.116. The lowest BCUT2D eigenvalue weighted by Crippen LogP contribution is -2.12. The van der Waals surface area contributed by atoms with E-state index in [9.17, 15) is 4.79 Å². The van der Waals surface area contributed by atoms with Crippen LogP contribution in [0.15, 0.2) is 29.8 Å². The number of aryl methyl sites for hydroxylation is 1. The van der Waals surface area contributed by atoms with Gasteiger partial charge in [-0.25, -0.2) is 4.98 Å². The van der Waals surface area contributed by atoms with E-state index in [2.05, 4.69) is 16.4 Å². The molecule has 3 rings (SSSR count). The lowest BCUT2D eigenvalue weighted by atomic mass is 10.0. The van der Waals surface area contributed by atoms with Gasteiger partial charge in [-0.15, -0.1) is 11.3 Å². The lowest BCUT2D eigenvalue weighted by Gasteiger charge is -2.04. The largest absolute Gasteiger partial charge is 0.493 e. The van der Waals surface area contributed by atoms with Gasteiger partial charge in [0.05, 0.1) is 6.61 Å². The molecule has 0 saturated carbocycles. The highest BCUT2D eigenvalue weighted by Crippen LogP contribution is 2.26. The molecular weight excluding hydrogens is 260 g/mol. The molecule has 19 heavy (non-hydrogen) atoms. The minimum atomic E-state index is 0.00620. The molecule has 0 fully saturated rings. The maximum Gasteiger partial charge on any atom is 0.226 e. The first kappa shape index (κ1) is 12.2. The third-order valence-electron chi connectivity index (χ3n) is 3.07. The van der Waals surface area contributed by atoms with Gasteiger partial charge >= 0.3 is 0 Å². The first-order valence-electron chi connectivity index (χ1n) is 6.25. The Morgan fingerprint density at radius 1 is 1.47 bits per heavy atom. The maximum absolute atomic E-state index is 11.7. The maximum atomic E-state index is 11.7. The Hall–Kier alpha value is -1.88. The van der Waals surface area contributed by atoms with Gasteiger partial charge in [-0.05, 0) is 23.6 Å². The average Bonchev–Trinajstić information content (AvgIpc) is 3.06. The molecule has 2 heterocycles. The summed E-state index contributed by atoms with van der Waals surface area (Å²) in [7, 11) is 0. The van der Waals surface area contributed by atoms with Gasteiger partial charge in [0.25, 0.3) is 0 Å². The van der Waals surface area contributed by atoms with E-state index in [4.69, 9.17) is 4.74 Å². The number of hydrogen-bond donors (Lipinski definition) is 1. The van der Waals surface area contributed by atoms with Gasteiger partial charge in [0.2, 0.25) is 5.91 Å². The number of carbonyl (C=O) groups excluding carboxylic acids is 1. The molecule has 1 aliphatic rings. The first-order valence-corrected chi connectivity index (χ1v) is 7.13. The molecule has 0 unspecified atom stereocenters. The van der Waals surface area contributed by atoms with Crippen molar-refractivity contribution in [1.82, 2.24) is 4.98 Å². The molecule has 0 saturated heterocycles. The van der Waals surface area contributed by atoms with Crippen LogP contribution in [-0.2, 0) is 17.6 Å². The van der Waals surface area contributed by atoms with Crippen molar-refractivity contribution in [1.29, 1.82) is 0 Å². The van der Waals surface area contributed by atoms with E-state index in [0.717, 1.165) is 25.2 Å². The number of anilines is 1. The van der Waals surface area contributed by atoms with Crippen molar-refractivity contribution in [3.05, 3.63) is 40.9 Å². The fourth-order valence-corrected chi connectivity index (χ4v) is 2.67. The van der Waals surface area contributed by atoms with E-state index in [0.29, 0.717) is 11.6 Å². The second kappa shape index (κ2) is 5.40. The Balaban J connectivity index is 1.56. The highest BCUT2D eigenvalue weighted by Gasteiger charge is 2.12. The van der Waals surface area contributed by atoms with Crippen LogP contribution in [-0.4, -0.2) is 17.5 Å². The van der Waals surface area contributed by atoms with Gasteiger partial charge in [0.15, 0.2) is 5.13 Å². The summed E-state index contributed by atoms with van der Waals surface area (Å²) in [6.07, 6.45) is 3.86. The Bertz CT molecular complexity index is 581. The van der Waals surface area contributed by atoms with Crippen molar-refractivity contribution >= 4 is 22.4 Å². The summed E-state index contributed by atoms with van der Waals surface area (Å²) in [5.74, 6) is 0.989. The zero-order valence-corrected chi connectivity index (χ0v) is 11.2. The fourth-order valence-electron chi connectivity index (χ4n) is 2.12. The standard InChI is InChI=1S/C14H14N2O2S/c17-13(16-14-15-6-8-19-14)4-2-10-1-3-12-11(9-10)5-7-18-12/h1,3,6,8-9H,2,4-5,7H2,(H,15,16,17). The molecule has 4 nitrogen and oxygen atoms in total. The molecule has 5 heteroatoms. The number of thiazole rings is 1. The predicted octanol–water partition coefficient (Wildman–Crippen LogP) is 2.65. The summed E-state index contributed by atoms with van der Waals surface area (Å²) in [4.78, 5) is 15.8. The zero-order chi connectivity index (χ0) is 13.1. The van der Waals surface area contributed by atoms with E-state index < -0.39 is 0 Å². The van der Waals surface area contributed by atoms with E-state index in [1.54, 1.807) is 6.20 Å². The molecule has 0 atom stereocenters. The molecule has 0 aliphatic carbocycles. The van der Waals surface area contributed by atoms with E-state index in [1.807, 2.05) is 17.5 Å². The predicted molar refractivity (Wildman–Crippen MR) is 74.7 cm³/mol. The molecule has 1 aliphatic heterocycles. The summed E-state index contributed by atoms with van der Waals surface area (Å²) in [6.45, 7) is 0.767. The highest BCUT2D eigenvalue weighted by molar-refractivity contribution is 7.13. The van der Waals surface area contributed by atoms with Crippen LogP contribution in [0.2, 0.25) is 0 Å². The van der Waals surface area contributed by atoms with Gasteiger partial charge in [-0.1, -0.05) is 12.1 Å². The molecule has 1 aromatic carbocycles. The molecule has 0 bridgehead atoms. The minimum absolute atomic E-state index is 0.00620. The number of carbonyl (C=O) groups is 1. The molecule has 2 aromatic rings. The van der Waals surface area contributed by atoms with Gasteiger partial charge in [0.1, 0.15) is 5.75 Å². The van der Waals surface area contributed by atoms with Crippen LogP contribution in [0.4, 0.5) is 5.13 Å². The number of rotatable bonds is 4. The van der Waals surface area contributed by atoms with E-state index in [-0.39, 0.29) is 5.91 Å². The number of ether oxygens (including phenoxy) is 1. The number of benzene rings is 1. The van der Waals surface area contributed by atoms with E-state index >= 15 is 0 Å². The second-order valence-electron chi connectivity index (χ2n) is 4.43. The monoisotopic (exact) mass is 274 g/mol. The minimum Gasteiger partial charge on any atom is -0.493 e. The summed E-state index contributed by atoms with van der Waals surface area (Å²) in [5.41, 5.74) is 2.43. The van der Waals surface area contributed by atoms with Crippen LogP contribution in [0.25, 0.3) is 0 Å². The Kier molecular flexibility index (Phi) is 3.46. The third kappa shape index (κ3) is 2.93. The van der Waals surface area contributed by atoms with Crippen LogP contribution in [0.5, 0.6) is 5.75 Å². The number of fused-ring (bicyclic) bond motifs is 1. The first-order chi connectivity index (χ1) is 9.31. The van der Waals surface area contributed by atoms with Crippen LogP contribution < -0.4 is 10.1 Å². The van der Waals surface area contributed by atoms with Crippen LogP contribution >= 0.6 is 11.3 Å². The van der Waals surface area contributed by atoms with Crippen molar-refractivity contribution in [2.45, 2.75) is 19.3 Å². The number of aromatic nitrogens is 1. The third-order valence-corrected chi connectivity index (χ3v) is 3.76. The average molecular weight is 274 g/mol. The van der Waals surface area contributed by atoms with Gasteiger partial charge in [-0.2, -0.15) is 0 Å². The molecule has 1 amide bonds. The number of nitrogens with zero attached hydrogens (tertiary/aromatic N) is 1. The van der Waals surface area contributed by atoms with Gasteiger partial charge < -0.3 is 10.1 Å².